The molecule has 0 aromatic carbocycles. The lowest BCUT2D eigenvalue weighted by Gasteiger charge is -2.35. The topological polar surface area (TPSA) is 66.3 Å². The minimum Gasteiger partial charge on any atom is -0.396 e. The quantitative estimate of drug-likeness (QED) is 0.331. The average Bonchev–Trinajstić information content (AvgIpc) is 2.65. The van der Waals surface area contributed by atoms with E-state index in [-0.39, 0.29) is 36.0 Å². The van der Waals surface area contributed by atoms with E-state index in [1.165, 1.54) is 12.8 Å². The van der Waals surface area contributed by atoms with E-state index >= 15 is 0 Å². The van der Waals surface area contributed by atoms with Gasteiger partial charge in [-0.15, -0.1) is 24.0 Å². The highest BCUT2D eigenvalue weighted by Crippen LogP contribution is 2.19. The molecular formula is C19H38IN3O3. The number of nitrogens with one attached hydrogen (secondary N) is 1. The Labute approximate surface area is 176 Å². The molecule has 1 unspecified atom stereocenters. The molecule has 0 bridgehead atoms. The highest BCUT2D eigenvalue weighted by Gasteiger charge is 2.24. The SMILES string of the molecule is CCNC(=NCC(C)(C)CO)N1CCC(OCC2CCCCO2)CC1.I. The number of guanidine groups is 1. The summed E-state index contributed by atoms with van der Waals surface area (Å²) in [6.45, 7) is 11.3. The first kappa shape index (κ1) is 23.9. The molecule has 26 heavy (non-hydrogen) atoms. The Morgan fingerprint density at radius 1 is 1.27 bits per heavy atom. The van der Waals surface area contributed by atoms with E-state index in [2.05, 4.69) is 17.1 Å². The fraction of sp³-hybridized carbons (Fsp3) is 0.947. The number of nitrogens with zero attached hydrogens (tertiary/aromatic N) is 2. The highest BCUT2D eigenvalue weighted by molar-refractivity contribution is 14.0. The zero-order chi connectivity index (χ0) is 18.1. The summed E-state index contributed by atoms with van der Waals surface area (Å²) in [5.41, 5.74) is -0.178. The van der Waals surface area contributed by atoms with Crippen molar-refractivity contribution in [3.05, 3.63) is 0 Å². The summed E-state index contributed by atoms with van der Waals surface area (Å²) >= 11 is 0. The summed E-state index contributed by atoms with van der Waals surface area (Å²) in [4.78, 5) is 7.05. The second-order valence-electron chi connectivity index (χ2n) is 8.00. The molecular weight excluding hydrogens is 445 g/mol. The van der Waals surface area contributed by atoms with E-state index in [4.69, 9.17) is 14.5 Å². The molecule has 2 saturated heterocycles. The fourth-order valence-corrected chi connectivity index (χ4v) is 3.18. The largest absolute Gasteiger partial charge is 0.396 e. The van der Waals surface area contributed by atoms with Crippen LogP contribution in [0.3, 0.4) is 0 Å². The molecule has 2 N–H and O–H groups in total. The maximum absolute atomic E-state index is 9.42. The van der Waals surface area contributed by atoms with Crippen molar-refractivity contribution in [1.82, 2.24) is 10.2 Å². The summed E-state index contributed by atoms with van der Waals surface area (Å²) in [6, 6.07) is 0. The number of aliphatic hydroxyl groups excluding tert-OH is 1. The van der Waals surface area contributed by atoms with Crippen molar-refractivity contribution < 1.29 is 14.6 Å². The molecule has 0 spiro atoms. The van der Waals surface area contributed by atoms with Gasteiger partial charge in [0.2, 0.25) is 0 Å². The molecule has 1 atom stereocenters. The first-order chi connectivity index (χ1) is 12.0. The lowest BCUT2D eigenvalue weighted by atomic mass is 9.95. The van der Waals surface area contributed by atoms with Crippen LogP contribution in [0.5, 0.6) is 0 Å². The maximum atomic E-state index is 9.42. The number of piperidine rings is 1. The highest BCUT2D eigenvalue weighted by atomic mass is 127. The van der Waals surface area contributed by atoms with E-state index < -0.39 is 0 Å². The van der Waals surface area contributed by atoms with Crippen LogP contribution in [-0.4, -0.2) is 74.2 Å². The third-order valence-electron chi connectivity index (χ3n) is 4.95. The van der Waals surface area contributed by atoms with Crippen LogP contribution in [0.25, 0.3) is 0 Å². The Bertz CT molecular complexity index is 407. The zero-order valence-corrected chi connectivity index (χ0v) is 19.0. The van der Waals surface area contributed by atoms with Gasteiger partial charge in [0.15, 0.2) is 5.96 Å². The molecule has 0 radical (unpaired) electrons. The van der Waals surface area contributed by atoms with Gasteiger partial charge in [0.05, 0.1) is 25.4 Å². The lowest BCUT2D eigenvalue weighted by molar-refractivity contribution is -0.0721. The molecule has 0 aliphatic carbocycles. The van der Waals surface area contributed by atoms with Crippen molar-refractivity contribution in [2.75, 3.05) is 46.0 Å². The molecule has 2 rings (SSSR count). The van der Waals surface area contributed by atoms with Gasteiger partial charge in [0.25, 0.3) is 0 Å². The van der Waals surface area contributed by atoms with Crippen molar-refractivity contribution in [2.45, 2.75) is 65.1 Å². The van der Waals surface area contributed by atoms with Crippen LogP contribution in [-0.2, 0) is 9.47 Å². The van der Waals surface area contributed by atoms with Crippen LogP contribution >= 0.6 is 24.0 Å². The molecule has 0 amide bonds. The standard InChI is InChI=1S/C19H37N3O3.HI/c1-4-20-18(21-14-19(2,3)15-23)22-10-8-16(9-11-22)25-13-17-7-5-6-12-24-17;/h16-17,23H,4-15H2,1-3H3,(H,20,21);1H. The van der Waals surface area contributed by atoms with Gasteiger partial charge < -0.3 is 24.8 Å². The number of aliphatic hydroxyl groups is 1. The first-order valence-corrected chi connectivity index (χ1v) is 9.91. The summed E-state index contributed by atoms with van der Waals surface area (Å²) < 4.78 is 11.8. The molecule has 2 fully saturated rings. The lowest BCUT2D eigenvalue weighted by Crippen LogP contribution is -2.47. The van der Waals surface area contributed by atoms with Crippen molar-refractivity contribution in [3.63, 3.8) is 0 Å². The number of ether oxygens (including phenoxy) is 2. The van der Waals surface area contributed by atoms with Gasteiger partial charge in [-0.1, -0.05) is 13.8 Å². The Morgan fingerprint density at radius 3 is 2.58 bits per heavy atom. The van der Waals surface area contributed by atoms with Crippen molar-refractivity contribution >= 4 is 29.9 Å². The molecule has 0 aromatic rings. The fourth-order valence-electron chi connectivity index (χ4n) is 3.18. The minimum absolute atomic E-state index is 0. The average molecular weight is 483 g/mol. The molecule has 2 heterocycles. The number of likely N-dealkylation sites (tertiary alicyclic amines) is 1. The maximum Gasteiger partial charge on any atom is 0.193 e. The molecule has 6 nitrogen and oxygen atoms in total. The zero-order valence-electron chi connectivity index (χ0n) is 16.7. The van der Waals surface area contributed by atoms with Gasteiger partial charge in [-0.2, -0.15) is 0 Å². The van der Waals surface area contributed by atoms with Crippen LogP contribution in [0.2, 0.25) is 0 Å². The Morgan fingerprint density at radius 2 is 2.00 bits per heavy atom. The first-order valence-electron chi connectivity index (χ1n) is 9.91. The normalized spacial score (nSPS) is 22.8. The molecule has 2 aliphatic rings. The summed E-state index contributed by atoms with van der Waals surface area (Å²) in [5, 5.41) is 12.8. The minimum atomic E-state index is -0.178. The Hall–Kier alpha value is -0.120. The van der Waals surface area contributed by atoms with Crippen molar-refractivity contribution in [3.8, 4) is 0 Å². The van der Waals surface area contributed by atoms with Crippen LogP contribution in [0.15, 0.2) is 4.99 Å². The number of rotatable bonds is 7. The third-order valence-corrected chi connectivity index (χ3v) is 4.95. The van der Waals surface area contributed by atoms with Crippen molar-refractivity contribution in [1.29, 1.82) is 0 Å². The second kappa shape index (κ2) is 12.4. The van der Waals surface area contributed by atoms with Crippen LogP contribution in [0.1, 0.15) is 52.9 Å². The van der Waals surface area contributed by atoms with E-state index in [1.54, 1.807) is 0 Å². The van der Waals surface area contributed by atoms with E-state index in [9.17, 15) is 5.11 Å². The number of aliphatic imine (C=N–C) groups is 1. The Kier molecular flexibility index (Phi) is 11.4. The second-order valence-corrected chi connectivity index (χ2v) is 8.00. The number of halogens is 1. The molecule has 0 saturated carbocycles. The van der Waals surface area contributed by atoms with Gasteiger partial charge in [0, 0.05) is 38.3 Å². The summed E-state index contributed by atoms with van der Waals surface area (Å²) in [7, 11) is 0. The van der Waals surface area contributed by atoms with E-state index in [0.717, 1.165) is 58.1 Å². The number of hydrogen-bond donors (Lipinski definition) is 2. The van der Waals surface area contributed by atoms with Gasteiger partial charge in [0.1, 0.15) is 0 Å². The monoisotopic (exact) mass is 483 g/mol. The number of hydrogen-bond acceptors (Lipinski definition) is 4. The summed E-state index contributed by atoms with van der Waals surface area (Å²) in [5.74, 6) is 0.957. The Balaban J connectivity index is 0.00000338. The predicted octanol–water partition coefficient (Wildman–Crippen LogP) is 2.64. The summed E-state index contributed by atoms with van der Waals surface area (Å²) in [6.07, 6.45) is 6.27. The van der Waals surface area contributed by atoms with Gasteiger partial charge in [-0.25, -0.2) is 0 Å². The molecule has 7 heteroatoms. The van der Waals surface area contributed by atoms with Gasteiger partial charge in [-0.05, 0) is 39.0 Å². The van der Waals surface area contributed by atoms with E-state index in [1.807, 2.05) is 13.8 Å². The van der Waals surface area contributed by atoms with Crippen LogP contribution < -0.4 is 5.32 Å². The molecule has 154 valence electrons. The van der Waals surface area contributed by atoms with Crippen LogP contribution in [0.4, 0.5) is 0 Å². The van der Waals surface area contributed by atoms with Gasteiger partial charge >= 0.3 is 0 Å². The van der Waals surface area contributed by atoms with Crippen LogP contribution in [0, 0.1) is 5.41 Å². The predicted molar refractivity (Wildman–Crippen MR) is 116 cm³/mol. The molecule has 2 aliphatic heterocycles. The molecule has 0 aromatic heterocycles. The van der Waals surface area contributed by atoms with Gasteiger partial charge in [-0.3, -0.25) is 4.99 Å². The van der Waals surface area contributed by atoms with E-state index in [0.29, 0.717) is 18.8 Å². The smallest absolute Gasteiger partial charge is 0.193 e. The third kappa shape index (κ3) is 8.27. The van der Waals surface area contributed by atoms with Crippen molar-refractivity contribution in [2.24, 2.45) is 10.4 Å².